The van der Waals surface area contributed by atoms with Gasteiger partial charge in [-0.15, -0.1) is 0 Å². The number of carboxylic acids is 1. The van der Waals surface area contributed by atoms with Gasteiger partial charge in [-0.3, -0.25) is 9.69 Å². The van der Waals surface area contributed by atoms with Gasteiger partial charge in [0.1, 0.15) is 0 Å². The monoisotopic (exact) mass is 311 g/mol. The van der Waals surface area contributed by atoms with Crippen molar-refractivity contribution in [3.63, 3.8) is 0 Å². The molecule has 6 heteroatoms. The molecule has 0 saturated carbocycles. The normalized spacial score (nSPS) is 21.3. The van der Waals surface area contributed by atoms with Crippen molar-refractivity contribution in [1.29, 1.82) is 0 Å². The molecule has 5 nitrogen and oxygen atoms in total. The minimum atomic E-state index is -3.18. The Labute approximate surface area is 125 Å². The number of likely N-dealkylation sites (tertiary alicyclic amines) is 1. The second kappa shape index (κ2) is 6.15. The molecule has 0 amide bonds. The molecular weight excluding hydrogens is 290 g/mol. The largest absolute Gasteiger partial charge is 0.481 e. The molecule has 0 spiro atoms. The van der Waals surface area contributed by atoms with Crippen LogP contribution >= 0.6 is 0 Å². The predicted octanol–water partition coefficient (Wildman–Crippen LogP) is 2.09. The van der Waals surface area contributed by atoms with Gasteiger partial charge in [0.05, 0.1) is 11.3 Å². The number of hydrogen-bond acceptors (Lipinski definition) is 4. The van der Waals surface area contributed by atoms with Gasteiger partial charge in [-0.1, -0.05) is 12.1 Å². The van der Waals surface area contributed by atoms with Crippen LogP contribution < -0.4 is 0 Å². The highest BCUT2D eigenvalue weighted by atomic mass is 32.2. The van der Waals surface area contributed by atoms with E-state index in [2.05, 4.69) is 4.90 Å². The average molecular weight is 311 g/mol. The fourth-order valence-corrected chi connectivity index (χ4v) is 3.60. The minimum Gasteiger partial charge on any atom is -0.481 e. The third-order valence-electron chi connectivity index (χ3n) is 4.12. The molecule has 1 fully saturated rings. The molecule has 0 aliphatic carbocycles. The zero-order valence-electron chi connectivity index (χ0n) is 12.3. The smallest absolute Gasteiger partial charge is 0.304 e. The highest BCUT2D eigenvalue weighted by Crippen LogP contribution is 2.31. The number of rotatable bonds is 5. The Morgan fingerprint density at radius 2 is 2.00 bits per heavy atom. The van der Waals surface area contributed by atoms with Crippen molar-refractivity contribution in [2.24, 2.45) is 0 Å². The van der Waals surface area contributed by atoms with E-state index in [0.29, 0.717) is 4.90 Å². The van der Waals surface area contributed by atoms with Gasteiger partial charge in [-0.25, -0.2) is 8.42 Å². The van der Waals surface area contributed by atoms with Gasteiger partial charge in [-0.05, 0) is 44.0 Å². The number of hydrogen-bond donors (Lipinski definition) is 1. The lowest BCUT2D eigenvalue weighted by Gasteiger charge is -2.30. The Kier molecular flexibility index (Phi) is 4.68. The molecule has 1 aliphatic rings. The first-order valence-corrected chi connectivity index (χ1v) is 8.95. The highest BCUT2D eigenvalue weighted by molar-refractivity contribution is 7.90. The van der Waals surface area contributed by atoms with E-state index < -0.39 is 15.8 Å². The molecule has 1 heterocycles. The van der Waals surface area contributed by atoms with E-state index in [9.17, 15) is 13.2 Å². The molecule has 1 aliphatic heterocycles. The number of sulfone groups is 1. The first kappa shape index (κ1) is 16.0. The fourth-order valence-electron chi connectivity index (χ4n) is 2.97. The average Bonchev–Trinajstić information content (AvgIpc) is 2.84. The number of aliphatic carboxylic acids is 1. The Bertz CT molecular complexity index is 609. The van der Waals surface area contributed by atoms with Crippen molar-refractivity contribution in [3.05, 3.63) is 29.8 Å². The number of nitrogens with zero attached hydrogens (tertiary/aromatic N) is 1. The van der Waals surface area contributed by atoms with Crippen molar-refractivity contribution in [2.45, 2.75) is 43.2 Å². The summed E-state index contributed by atoms with van der Waals surface area (Å²) in [6.45, 7) is 2.92. The van der Waals surface area contributed by atoms with E-state index in [0.717, 1.165) is 24.9 Å². The molecule has 1 N–H and O–H groups in total. The van der Waals surface area contributed by atoms with Gasteiger partial charge in [-0.2, -0.15) is 0 Å². The molecule has 2 rings (SSSR count). The van der Waals surface area contributed by atoms with Crippen LogP contribution in [0.2, 0.25) is 0 Å². The van der Waals surface area contributed by atoms with Gasteiger partial charge >= 0.3 is 5.97 Å². The van der Waals surface area contributed by atoms with Crippen LogP contribution in [0.4, 0.5) is 0 Å². The second-order valence-electron chi connectivity index (χ2n) is 5.65. The summed E-state index contributed by atoms with van der Waals surface area (Å²) < 4.78 is 22.9. The first-order valence-electron chi connectivity index (χ1n) is 7.06. The summed E-state index contributed by atoms with van der Waals surface area (Å²) in [6, 6.07) is 7.01. The maximum Gasteiger partial charge on any atom is 0.304 e. The molecule has 1 aromatic carbocycles. The SMILES string of the molecule is CC(c1ccc(S(C)(=O)=O)cc1)N1CCCC1CC(=O)O. The van der Waals surface area contributed by atoms with E-state index in [1.54, 1.807) is 12.1 Å². The van der Waals surface area contributed by atoms with Gasteiger partial charge in [0, 0.05) is 18.3 Å². The topological polar surface area (TPSA) is 74.7 Å². The van der Waals surface area contributed by atoms with Gasteiger partial charge in [0.25, 0.3) is 0 Å². The maximum absolute atomic E-state index is 11.5. The molecular formula is C15H21NO4S. The van der Waals surface area contributed by atoms with E-state index in [-0.39, 0.29) is 18.5 Å². The second-order valence-corrected chi connectivity index (χ2v) is 7.66. The Balaban J connectivity index is 2.15. The summed E-state index contributed by atoms with van der Waals surface area (Å²) in [7, 11) is -3.18. The Morgan fingerprint density at radius 1 is 1.38 bits per heavy atom. The molecule has 116 valence electrons. The molecule has 1 saturated heterocycles. The summed E-state index contributed by atoms with van der Waals surface area (Å²) >= 11 is 0. The standard InChI is InChI=1S/C15H21NO4S/c1-11(16-9-3-4-13(16)10-15(17)18)12-5-7-14(8-6-12)21(2,19)20/h5-8,11,13H,3-4,9-10H2,1-2H3,(H,17,18). The van der Waals surface area contributed by atoms with E-state index in [1.807, 2.05) is 19.1 Å². The lowest BCUT2D eigenvalue weighted by molar-refractivity contribution is -0.138. The van der Waals surface area contributed by atoms with E-state index in [1.165, 1.54) is 6.26 Å². The number of carboxylic acid groups (broad SMARTS) is 1. The lowest BCUT2D eigenvalue weighted by atomic mass is 10.0. The fraction of sp³-hybridized carbons (Fsp3) is 0.533. The third kappa shape index (κ3) is 3.83. The number of benzene rings is 1. The first-order chi connectivity index (χ1) is 9.79. The molecule has 0 aromatic heterocycles. The quantitative estimate of drug-likeness (QED) is 0.901. The van der Waals surface area contributed by atoms with Crippen LogP contribution in [0, 0.1) is 0 Å². The molecule has 2 atom stereocenters. The van der Waals surface area contributed by atoms with E-state index in [4.69, 9.17) is 5.11 Å². The predicted molar refractivity (Wildman–Crippen MR) is 79.9 cm³/mol. The van der Waals surface area contributed by atoms with Crippen LogP contribution in [0.3, 0.4) is 0 Å². The number of carbonyl (C=O) groups is 1. The van der Waals surface area contributed by atoms with Gasteiger partial charge in [0.15, 0.2) is 9.84 Å². The van der Waals surface area contributed by atoms with Crippen LogP contribution in [-0.2, 0) is 14.6 Å². The Morgan fingerprint density at radius 3 is 2.52 bits per heavy atom. The molecule has 2 unspecified atom stereocenters. The van der Waals surface area contributed by atoms with Crippen molar-refractivity contribution in [1.82, 2.24) is 4.90 Å². The maximum atomic E-state index is 11.5. The molecule has 1 aromatic rings. The summed E-state index contributed by atoms with van der Waals surface area (Å²) in [4.78, 5) is 13.4. The van der Waals surface area contributed by atoms with Crippen LogP contribution in [0.15, 0.2) is 29.2 Å². The molecule has 0 bridgehead atoms. The third-order valence-corrected chi connectivity index (χ3v) is 5.25. The summed E-state index contributed by atoms with van der Waals surface area (Å²) in [5.74, 6) is -0.772. The van der Waals surface area contributed by atoms with Crippen LogP contribution in [0.25, 0.3) is 0 Å². The minimum absolute atomic E-state index is 0.0621. The zero-order chi connectivity index (χ0) is 15.6. The van der Waals surface area contributed by atoms with Crippen molar-refractivity contribution in [2.75, 3.05) is 12.8 Å². The van der Waals surface area contributed by atoms with Crippen molar-refractivity contribution < 1.29 is 18.3 Å². The Hall–Kier alpha value is -1.40. The van der Waals surface area contributed by atoms with Gasteiger partial charge in [0.2, 0.25) is 0 Å². The summed E-state index contributed by atoms with van der Waals surface area (Å²) in [5, 5.41) is 8.98. The summed E-state index contributed by atoms with van der Waals surface area (Å²) in [6.07, 6.45) is 3.25. The highest BCUT2D eigenvalue weighted by Gasteiger charge is 2.30. The van der Waals surface area contributed by atoms with Gasteiger partial charge < -0.3 is 5.11 Å². The zero-order valence-corrected chi connectivity index (χ0v) is 13.1. The van der Waals surface area contributed by atoms with Crippen LogP contribution in [-0.4, -0.2) is 43.2 Å². The lowest BCUT2D eigenvalue weighted by Crippen LogP contribution is -2.33. The van der Waals surface area contributed by atoms with Crippen LogP contribution in [0.5, 0.6) is 0 Å². The van der Waals surface area contributed by atoms with Crippen LogP contribution in [0.1, 0.15) is 37.8 Å². The summed E-state index contributed by atoms with van der Waals surface area (Å²) in [5.41, 5.74) is 1.01. The van der Waals surface area contributed by atoms with E-state index >= 15 is 0 Å². The van der Waals surface area contributed by atoms with Crippen molar-refractivity contribution >= 4 is 15.8 Å². The molecule has 0 radical (unpaired) electrons. The molecule has 21 heavy (non-hydrogen) atoms. The van der Waals surface area contributed by atoms with Crippen molar-refractivity contribution in [3.8, 4) is 0 Å².